The van der Waals surface area contributed by atoms with Crippen molar-refractivity contribution in [2.24, 2.45) is 0 Å². The molecule has 0 aliphatic heterocycles. The highest BCUT2D eigenvalue weighted by molar-refractivity contribution is 6.21. The number of hydrogen-bond acceptors (Lipinski definition) is 4. The van der Waals surface area contributed by atoms with Gasteiger partial charge in [-0.1, -0.05) is 19.3 Å². The molecule has 5 heteroatoms. The van der Waals surface area contributed by atoms with Gasteiger partial charge >= 0.3 is 0 Å². The monoisotopic (exact) mass is 269 g/mol. The van der Waals surface area contributed by atoms with E-state index in [1.165, 1.54) is 25.6 Å². The molecule has 0 amide bonds. The fourth-order valence-electron chi connectivity index (χ4n) is 2.26. The highest BCUT2D eigenvalue weighted by Crippen LogP contribution is 2.25. The van der Waals surface area contributed by atoms with Gasteiger partial charge in [0.2, 0.25) is 5.88 Å². The maximum Gasteiger partial charge on any atom is 0.218 e. The predicted octanol–water partition coefficient (Wildman–Crippen LogP) is 3.23. The van der Waals surface area contributed by atoms with Crippen LogP contribution in [0.5, 0.6) is 5.88 Å². The molecule has 1 aliphatic rings. The van der Waals surface area contributed by atoms with Crippen LogP contribution in [0.2, 0.25) is 0 Å². The Hall–Kier alpha value is -1.03. The molecule has 1 fully saturated rings. The van der Waals surface area contributed by atoms with E-state index in [1.807, 2.05) is 13.0 Å². The second kappa shape index (κ2) is 6.78. The third-order valence-corrected chi connectivity index (χ3v) is 3.72. The zero-order chi connectivity index (χ0) is 12.8. The zero-order valence-electron chi connectivity index (χ0n) is 10.7. The molecule has 1 saturated carbocycles. The van der Waals surface area contributed by atoms with E-state index in [2.05, 4.69) is 15.3 Å². The highest BCUT2D eigenvalue weighted by Gasteiger charge is 2.21. The number of anilines is 1. The Bertz CT molecular complexity index is 375. The number of halogens is 1. The molecule has 0 spiro atoms. The molecule has 1 aliphatic carbocycles. The average Bonchev–Trinajstić information content (AvgIpc) is 2.56. The van der Waals surface area contributed by atoms with Crippen LogP contribution in [0.4, 0.5) is 5.82 Å². The zero-order valence-corrected chi connectivity index (χ0v) is 11.5. The number of alkyl halides is 1. The molecule has 0 bridgehead atoms. The van der Waals surface area contributed by atoms with Gasteiger partial charge in [-0.3, -0.25) is 0 Å². The van der Waals surface area contributed by atoms with Gasteiger partial charge in [-0.2, -0.15) is 0 Å². The number of nitrogens with zero attached hydrogens (tertiary/aromatic N) is 2. The van der Waals surface area contributed by atoms with Crippen LogP contribution in [0.15, 0.2) is 12.4 Å². The molecule has 2 rings (SSSR count). The Balaban J connectivity index is 2.00. The highest BCUT2D eigenvalue weighted by atomic mass is 35.5. The molecule has 1 aromatic heterocycles. The molecule has 0 aromatic carbocycles. The second-order valence-electron chi connectivity index (χ2n) is 4.58. The summed E-state index contributed by atoms with van der Waals surface area (Å²) in [7, 11) is 0. The number of aromatic nitrogens is 2. The van der Waals surface area contributed by atoms with Crippen LogP contribution in [0.25, 0.3) is 0 Å². The van der Waals surface area contributed by atoms with E-state index in [0.717, 1.165) is 18.7 Å². The quantitative estimate of drug-likeness (QED) is 0.673. The lowest BCUT2D eigenvalue weighted by atomic mass is 10.1. The summed E-state index contributed by atoms with van der Waals surface area (Å²) >= 11 is 6.40. The van der Waals surface area contributed by atoms with Crippen LogP contribution in [0, 0.1) is 0 Å². The van der Waals surface area contributed by atoms with Crippen molar-refractivity contribution < 1.29 is 4.74 Å². The van der Waals surface area contributed by atoms with Crippen molar-refractivity contribution in [3.63, 3.8) is 0 Å². The van der Waals surface area contributed by atoms with Gasteiger partial charge in [0, 0.05) is 12.1 Å². The van der Waals surface area contributed by atoms with Gasteiger partial charge in [0.15, 0.2) is 0 Å². The van der Waals surface area contributed by atoms with Crippen LogP contribution >= 0.6 is 11.6 Å². The van der Waals surface area contributed by atoms with Crippen LogP contribution in [0.1, 0.15) is 39.0 Å². The lowest BCUT2D eigenvalue weighted by molar-refractivity contribution is 0.326. The smallest absolute Gasteiger partial charge is 0.218 e. The van der Waals surface area contributed by atoms with Crippen molar-refractivity contribution >= 4 is 17.4 Å². The standard InChI is InChI=1S/C13H20ClN3O/c1-2-18-13-8-12(15-9-16-13)17-11-7-5-3-4-6-10(11)14/h8-11H,2-7H2,1H3,(H,15,16,17). The van der Waals surface area contributed by atoms with E-state index in [9.17, 15) is 0 Å². The molecular formula is C13H20ClN3O. The van der Waals surface area contributed by atoms with E-state index in [1.54, 1.807) is 0 Å². The topological polar surface area (TPSA) is 47.0 Å². The summed E-state index contributed by atoms with van der Waals surface area (Å²) in [6.07, 6.45) is 7.41. The maximum atomic E-state index is 6.40. The molecule has 2 unspecified atom stereocenters. The van der Waals surface area contributed by atoms with E-state index in [0.29, 0.717) is 18.5 Å². The fraction of sp³-hybridized carbons (Fsp3) is 0.692. The van der Waals surface area contributed by atoms with Crippen molar-refractivity contribution in [3.05, 3.63) is 12.4 Å². The Morgan fingerprint density at radius 1 is 1.33 bits per heavy atom. The van der Waals surface area contributed by atoms with Crippen LogP contribution in [-0.2, 0) is 0 Å². The number of hydrogen-bond donors (Lipinski definition) is 1. The SMILES string of the molecule is CCOc1cc(NC2CCCCCC2Cl)ncn1. The molecule has 1 N–H and O–H groups in total. The van der Waals surface area contributed by atoms with E-state index in [4.69, 9.17) is 16.3 Å². The molecular weight excluding hydrogens is 250 g/mol. The van der Waals surface area contributed by atoms with E-state index in [-0.39, 0.29) is 5.38 Å². The van der Waals surface area contributed by atoms with Crippen molar-refractivity contribution in [3.8, 4) is 5.88 Å². The van der Waals surface area contributed by atoms with Crippen LogP contribution in [0.3, 0.4) is 0 Å². The number of nitrogens with one attached hydrogen (secondary N) is 1. The minimum absolute atomic E-state index is 0.179. The minimum atomic E-state index is 0.179. The van der Waals surface area contributed by atoms with Crippen molar-refractivity contribution in [2.75, 3.05) is 11.9 Å². The van der Waals surface area contributed by atoms with Crippen molar-refractivity contribution in [1.29, 1.82) is 0 Å². The van der Waals surface area contributed by atoms with Gasteiger partial charge in [-0.25, -0.2) is 9.97 Å². The van der Waals surface area contributed by atoms with Gasteiger partial charge in [0.05, 0.1) is 12.0 Å². The first kappa shape index (κ1) is 13.4. The predicted molar refractivity (Wildman–Crippen MR) is 73.3 cm³/mol. The second-order valence-corrected chi connectivity index (χ2v) is 5.14. The first-order valence-corrected chi connectivity index (χ1v) is 7.08. The van der Waals surface area contributed by atoms with Crippen LogP contribution < -0.4 is 10.1 Å². The number of ether oxygens (including phenoxy) is 1. The Labute approximate surface area is 113 Å². The molecule has 1 aromatic rings. The van der Waals surface area contributed by atoms with Gasteiger partial charge in [0.1, 0.15) is 12.1 Å². The van der Waals surface area contributed by atoms with Crippen molar-refractivity contribution in [1.82, 2.24) is 9.97 Å². The normalized spacial score (nSPS) is 24.3. The maximum absolute atomic E-state index is 6.40. The molecule has 100 valence electrons. The largest absolute Gasteiger partial charge is 0.478 e. The molecule has 0 saturated heterocycles. The molecule has 0 radical (unpaired) electrons. The molecule has 18 heavy (non-hydrogen) atoms. The molecule has 2 atom stereocenters. The summed E-state index contributed by atoms with van der Waals surface area (Å²) in [5.74, 6) is 1.40. The van der Waals surface area contributed by atoms with E-state index < -0.39 is 0 Å². The van der Waals surface area contributed by atoms with Crippen molar-refractivity contribution in [2.45, 2.75) is 50.4 Å². The lowest BCUT2D eigenvalue weighted by Crippen LogP contribution is -2.29. The van der Waals surface area contributed by atoms with Crippen LogP contribution in [-0.4, -0.2) is 28.0 Å². The summed E-state index contributed by atoms with van der Waals surface area (Å²) in [5.41, 5.74) is 0. The number of rotatable bonds is 4. The summed E-state index contributed by atoms with van der Waals surface area (Å²) in [6.45, 7) is 2.55. The van der Waals surface area contributed by atoms with Gasteiger partial charge < -0.3 is 10.1 Å². The van der Waals surface area contributed by atoms with Gasteiger partial charge in [0.25, 0.3) is 0 Å². The van der Waals surface area contributed by atoms with Gasteiger partial charge in [-0.15, -0.1) is 11.6 Å². The summed E-state index contributed by atoms with van der Waals surface area (Å²) in [4.78, 5) is 8.27. The Morgan fingerprint density at radius 2 is 2.17 bits per heavy atom. The third kappa shape index (κ3) is 3.73. The first-order chi connectivity index (χ1) is 8.79. The summed E-state index contributed by atoms with van der Waals surface area (Å²) in [6, 6.07) is 2.12. The Morgan fingerprint density at radius 3 is 3.00 bits per heavy atom. The Kier molecular flexibility index (Phi) is 5.05. The minimum Gasteiger partial charge on any atom is -0.478 e. The van der Waals surface area contributed by atoms with Gasteiger partial charge in [-0.05, 0) is 19.8 Å². The molecule has 4 nitrogen and oxygen atoms in total. The lowest BCUT2D eigenvalue weighted by Gasteiger charge is -2.21. The summed E-state index contributed by atoms with van der Waals surface area (Å²) in [5, 5.41) is 3.59. The fourth-order valence-corrected chi connectivity index (χ4v) is 2.60. The summed E-state index contributed by atoms with van der Waals surface area (Å²) < 4.78 is 5.36. The third-order valence-electron chi connectivity index (χ3n) is 3.20. The first-order valence-electron chi connectivity index (χ1n) is 6.65. The molecule has 1 heterocycles. The average molecular weight is 270 g/mol. The van der Waals surface area contributed by atoms with E-state index >= 15 is 0 Å².